The second-order valence-electron chi connectivity index (χ2n) is 11.8. The zero-order valence-electron chi connectivity index (χ0n) is 25.1. The molecule has 4 aromatic rings. The number of aryl methyl sites for hydroxylation is 1. The van der Waals surface area contributed by atoms with Crippen molar-refractivity contribution in [2.75, 3.05) is 6.61 Å². The Hall–Kier alpha value is -4.21. The summed E-state index contributed by atoms with van der Waals surface area (Å²) in [6.07, 6.45) is -6.77. The average Bonchev–Trinajstić information content (AvgIpc) is 3.19. The van der Waals surface area contributed by atoms with Crippen LogP contribution in [0.2, 0.25) is 0 Å². The zero-order valence-corrected chi connectivity index (χ0v) is 25.1. The molecule has 1 atom stereocenters. The second-order valence-corrected chi connectivity index (χ2v) is 11.8. The maximum absolute atomic E-state index is 14.3. The predicted octanol–water partition coefficient (Wildman–Crippen LogP) is 6.03. The van der Waals surface area contributed by atoms with Gasteiger partial charge in [0.15, 0.2) is 11.8 Å². The van der Waals surface area contributed by atoms with Crippen LogP contribution < -0.4 is 14.2 Å². The fraction of sp³-hybridized carbons (Fsp3) is 0.500. The van der Waals surface area contributed by atoms with Gasteiger partial charge in [-0.1, -0.05) is 0 Å². The van der Waals surface area contributed by atoms with E-state index < -0.39 is 43.1 Å². The van der Waals surface area contributed by atoms with Gasteiger partial charge >= 0.3 is 12.2 Å². The van der Waals surface area contributed by atoms with Crippen LogP contribution in [0.4, 0.5) is 22.0 Å². The number of ether oxygens (including phenoxy) is 4. The largest absolute Gasteiger partial charge is 0.471 e. The van der Waals surface area contributed by atoms with Crippen molar-refractivity contribution in [2.45, 2.75) is 78.1 Å². The molecule has 4 heterocycles. The Morgan fingerprint density at radius 3 is 2.25 bits per heavy atom. The number of halogens is 5. The lowest BCUT2D eigenvalue weighted by molar-refractivity contribution is -0.176. The predicted molar refractivity (Wildman–Crippen MR) is 147 cm³/mol. The molecule has 0 fully saturated rings. The number of aromatic nitrogens is 7. The fourth-order valence-electron chi connectivity index (χ4n) is 3.86. The van der Waals surface area contributed by atoms with Gasteiger partial charge in [0, 0.05) is 25.0 Å². The molecule has 0 bridgehead atoms. The second kappa shape index (κ2) is 12.4. The molecule has 0 radical (unpaired) electrons. The number of hydrogen-bond acceptors (Lipinski definition) is 10. The molecule has 0 unspecified atom stereocenters. The lowest BCUT2D eigenvalue weighted by atomic mass is 10.1. The van der Waals surface area contributed by atoms with Crippen molar-refractivity contribution in [1.29, 1.82) is 0 Å². The summed E-state index contributed by atoms with van der Waals surface area (Å²) < 4.78 is 89.4. The number of nitrogens with zero attached hydrogens (tertiary/aromatic N) is 7. The minimum atomic E-state index is -4.54. The van der Waals surface area contributed by atoms with Crippen LogP contribution >= 0.6 is 0 Å². The van der Waals surface area contributed by atoms with Gasteiger partial charge in [-0.3, -0.25) is 4.98 Å². The highest BCUT2D eigenvalue weighted by molar-refractivity contribution is 5.85. The van der Waals surface area contributed by atoms with E-state index in [0.29, 0.717) is 5.56 Å². The fourth-order valence-corrected chi connectivity index (χ4v) is 3.86. The highest BCUT2D eigenvalue weighted by Crippen LogP contribution is 2.36. The maximum Gasteiger partial charge on any atom is 0.411 e. The minimum absolute atomic E-state index is 0.0188. The third-order valence-electron chi connectivity index (χ3n) is 5.51. The Labute approximate surface area is 249 Å². The molecule has 0 spiro atoms. The number of pyridine rings is 1. The molecule has 44 heavy (non-hydrogen) atoms. The average molecular weight is 626 g/mol. The summed E-state index contributed by atoms with van der Waals surface area (Å²) in [6, 6.07) is 4.09. The van der Waals surface area contributed by atoms with Gasteiger partial charge in [-0.15, -0.1) is 15.3 Å². The Morgan fingerprint density at radius 2 is 1.61 bits per heavy atom. The normalized spacial score (nSPS) is 13.4. The van der Waals surface area contributed by atoms with E-state index in [0.717, 1.165) is 0 Å². The maximum atomic E-state index is 14.3. The standard InChI is InChI=1S/C28H32F5N7O4/c1-26(2,3)43-23-18(12-35-25(36-23)44-27(4,5)6)19-11-17-22(38-37-19)40(7)39-24(17)42-20(21(29)30)15-8-9-34-16(10-15)13-41-14-28(31,32)33/h8-12,20-21H,13-14H2,1-7H3/t20-/m1/s1. The lowest BCUT2D eigenvalue weighted by Crippen LogP contribution is -2.26. The monoisotopic (exact) mass is 625 g/mol. The molecular formula is C28H32F5N7O4. The summed E-state index contributed by atoms with van der Waals surface area (Å²) in [7, 11) is 1.54. The van der Waals surface area contributed by atoms with Crippen LogP contribution in [0.3, 0.4) is 0 Å². The number of fused-ring (bicyclic) bond motifs is 1. The summed E-state index contributed by atoms with van der Waals surface area (Å²) in [5, 5.41) is 12.9. The molecule has 0 N–H and O–H groups in total. The first-order valence-corrected chi connectivity index (χ1v) is 13.4. The minimum Gasteiger partial charge on any atom is -0.471 e. The van der Waals surface area contributed by atoms with E-state index in [1.807, 2.05) is 41.5 Å². The van der Waals surface area contributed by atoms with Gasteiger partial charge in [0.2, 0.25) is 11.8 Å². The first-order valence-electron chi connectivity index (χ1n) is 13.4. The van der Waals surface area contributed by atoms with Crippen molar-refractivity contribution in [3.8, 4) is 29.0 Å². The topological polar surface area (TPSA) is 119 Å². The van der Waals surface area contributed by atoms with Crippen LogP contribution in [0.1, 0.15) is 58.9 Å². The van der Waals surface area contributed by atoms with E-state index in [1.165, 1.54) is 35.3 Å². The lowest BCUT2D eigenvalue weighted by Gasteiger charge is -2.24. The van der Waals surface area contributed by atoms with E-state index in [1.54, 1.807) is 7.05 Å². The summed E-state index contributed by atoms with van der Waals surface area (Å²) in [5.74, 6) is -0.0169. The molecule has 0 amide bonds. The summed E-state index contributed by atoms with van der Waals surface area (Å²) in [6.45, 7) is 9.01. The molecule has 0 aliphatic carbocycles. The molecule has 4 rings (SSSR count). The Bertz CT molecular complexity index is 1600. The highest BCUT2D eigenvalue weighted by Gasteiger charge is 2.30. The molecule has 0 aliphatic rings. The number of hydrogen-bond donors (Lipinski definition) is 0. The van der Waals surface area contributed by atoms with Gasteiger partial charge in [-0.05, 0) is 59.7 Å². The molecule has 0 aliphatic heterocycles. The molecule has 0 saturated carbocycles. The SMILES string of the molecule is Cn1nc(O[C@H](c2ccnc(COCC(F)(F)F)c2)C(F)F)c2cc(-c3cnc(OC(C)(C)C)nc3OC(C)(C)C)nnc21. The Kier molecular flexibility index (Phi) is 9.23. The molecular weight excluding hydrogens is 593 g/mol. The summed E-state index contributed by atoms with van der Waals surface area (Å²) in [5.41, 5.74) is -0.413. The van der Waals surface area contributed by atoms with Crippen molar-refractivity contribution in [3.05, 3.63) is 41.9 Å². The van der Waals surface area contributed by atoms with Gasteiger partial charge in [0.1, 0.15) is 23.5 Å². The smallest absolute Gasteiger partial charge is 0.411 e. The van der Waals surface area contributed by atoms with Crippen LogP contribution in [0.5, 0.6) is 17.8 Å². The molecule has 0 saturated heterocycles. The van der Waals surface area contributed by atoms with Crippen LogP contribution in [0.25, 0.3) is 22.3 Å². The summed E-state index contributed by atoms with van der Waals surface area (Å²) in [4.78, 5) is 12.6. The quantitative estimate of drug-likeness (QED) is 0.193. The number of rotatable bonds is 10. The first kappa shape index (κ1) is 32.7. The zero-order chi connectivity index (χ0) is 32.4. The van der Waals surface area contributed by atoms with Crippen molar-refractivity contribution in [2.24, 2.45) is 7.05 Å². The molecule has 4 aromatic heterocycles. The van der Waals surface area contributed by atoms with Gasteiger partial charge in [-0.2, -0.15) is 18.2 Å². The molecule has 16 heteroatoms. The highest BCUT2D eigenvalue weighted by atomic mass is 19.4. The van der Waals surface area contributed by atoms with Crippen molar-refractivity contribution < 1.29 is 40.9 Å². The van der Waals surface area contributed by atoms with Crippen molar-refractivity contribution in [1.82, 2.24) is 34.9 Å². The van der Waals surface area contributed by atoms with Gasteiger partial charge in [0.25, 0.3) is 6.43 Å². The molecule has 0 aromatic carbocycles. The molecule has 238 valence electrons. The van der Waals surface area contributed by atoms with Crippen LogP contribution in [-0.4, -0.2) is 65.3 Å². The van der Waals surface area contributed by atoms with Crippen LogP contribution in [0, 0.1) is 0 Å². The van der Waals surface area contributed by atoms with Gasteiger partial charge in [0.05, 0.1) is 23.3 Å². The van der Waals surface area contributed by atoms with Crippen molar-refractivity contribution >= 4 is 11.0 Å². The third kappa shape index (κ3) is 8.67. The van der Waals surface area contributed by atoms with E-state index in [2.05, 4.69) is 35.0 Å². The van der Waals surface area contributed by atoms with Crippen molar-refractivity contribution in [3.63, 3.8) is 0 Å². The first-order chi connectivity index (χ1) is 20.4. The Morgan fingerprint density at radius 1 is 0.909 bits per heavy atom. The van der Waals surface area contributed by atoms with Crippen LogP contribution in [0.15, 0.2) is 30.6 Å². The van der Waals surface area contributed by atoms with E-state index in [9.17, 15) is 22.0 Å². The number of alkyl halides is 5. The van der Waals surface area contributed by atoms with Gasteiger partial charge < -0.3 is 18.9 Å². The van der Waals surface area contributed by atoms with E-state index in [4.69, 9.17) is 14.2 Å². The summed E-state index contributed by atoms with van der Waals surface area (Å²) >= 11 is 0. The third-order valence-corrected chi connectivity index (χ3v) is 5.51. The van der Waals surface area contributed by atoms with Crippen LogP contribution in [-0.2, 0) is 18.4 Å². The van der Waals surface area contributed by atoms with Gasteiger partial charge in [-0.25, -0.2) is 18.4 Å². The van der Waals surface area contributed by atoms with E-state index in [-0.39, 0.29) is 45.8 Å². The Balaban J connectivity index is 1.70. The molecule has 11 nitrogen and oxygen atoms in total. The van der Waals surface area contributed by atoms with E-state index >= 15 is 0 Å².